The zero-order valence-electron chi connectivity index (χ0n) is 14.1. The monoisotopic (exact) mass is 318 g/mol. The molecule has 1 aromatic heterocycles. The summed E-state index contributed by atoms with van der Waals surface area (Å²) in [6.45, 7) is 4.26. The largest absolute Gasteiger partial charge is 0.347 e. The average molecular weight is 318 g/mol. The first-order chi connectivity index (χ1) is 11.0. The normalized spacial score (nSPS) is 29.0. The van der Waals surface area contributed by atoms with Crippen molar-refractivity contribution in [3.8, 4) is 0 Å². The van der Waals surface area contributed by atoms with Gasteiger partial charge in [0.15, 0.2) is 0 Å². The molecule has 6 heteroatoms. The Kier molecular flexibility index (Phi) is 4.53. The van der Waals surface area contributed by atoms with Crippen LogP contribution in [0.15, 0.2) is 23.3 Å². The summed E-state index contributed by atoms with van der Waals surface area (Å²) in [7, 11) is 2.18. The zero-order chi connectivity index (χ0) is 16.4. The van der Waals surface area contributed by atoms with Gasteiger partial charge in [-0.05, 0) is 52.3 Å². The molecular formula is C17H26N4O2. The Bertz CT molecular complexity index is 629. The molecule has 23 heavy (non-hydrogen) atoms. The molecule has 126 valence electrons. The second kappa shape index (κ2) is 6.43. The van der Waals surface area contributed by atoms with Crippen LogP contribution in [0.1, 0.15) is 39.0 Å². The molecule has 1 aromatic rings. The lowest BCUT2D eigenvalue weighted by Gasteiger charge is -2.51. The lowest BCUT2D eigenvalue weighted by Crippen LogP contribution is -2.63. The fourth-order valence-corrected chi connectivity index (χ4v) is 4.16. The Hall–Kier alpha value is -1.69. The molecular weight excluding hydrogens is 292 g/mol. The van der Waals surface area contributed by atoms with Crippen LogP contribution in [0.2, 0.25) is 0 Å². The highest BCUT2D eigenvalue weighted by atomic mass is 16.2. The number of piperidine rings is 1. The Morgan fingerprint density at radius 1 is 1.35 bits per heavy atom. The minimum absolute atomic E-state index is 0.0336. The van der Waals surface area contributed by atoms with E-state index in [0.717, 1.165) is 38.8 Å². The molecule has 0 unspecified atom stereocenters. The number of fused-ring (bicyclic) bond motifs is 1. The van der Waals surface area contributed by atoms with Crippen molar-refractivity contribution in [1.82, 2.24) is 19.4 Å². The van der Waals surface area contributed by atoms with E-state index in [9.17, 15) is 9.59 Å². The molecule has 0 saturated carbocycles. The molecule has 2 saturated heterocycles. The molecule has 2 aliphatic heterocycles. The van der Waals surface area contributed by atoms with E-state index in [4.69, 9.17) is 0 Å². The molecule has 0 spiro atoms. The third kappa shape index (κ3) is 3.04. The summed E-state index contributed by atoms with van der Waals surface area (Å²) in [4.78, 5) is 32.8. The van der Waals surface area contributed by atoms with Crippen molar-refractivity contribution in [3.63, 3.8) is 0 Å². The minimum Gasteiger partial charge on any atom is -0.336 e. The van der Waals surface area contributed by atoms with Gasteiger partial charge in [0.05, 0.1) is 0 Å². The van der Waals surface area contributed by atoms with Crippen LogP contribution in [-0.2, 0) is 11.3 Å². The average Bonchev–Trinajstić information content (AvgIpc) is 2.68. The van der Waals surface area contributed by atoms with Crippen LogP contribution in [0.4, 0.5) is 0 Å². The van der Waals surface area contributed by atoms with E-state index in [0.29, 0.717) is 0 Å². The molecule has 0 aliphatic carbocycles. The fraction of sp³-hybridized carbons (Fsp3) is 0.706. The molecule has 2 fully saturated rings. The number of aromatic nitrogens is 2. The lowest BCUT2D eigenvalue weighted by atomic mass is 9.80. The maximum atomic E-state index is 12.9. The number of carbonyl (C=O) groups is 1. The van der Waals surface area contributed by atoms with Crippen molar-refractivity contribution < 1.29 is 4.79 Å². The zero-order valence-corrected chi connectivity index (χ0v) is 14.1. The van der Waals surface area contributed by atoms with Gasteiger partial charge in [0.1, 0.15) is 6.54 Å². The number of hydrogen-bond acceptors (Lipinski definition) is 4. The summed E-state index contributed by atoms with van der Waals surface area (Å²) in [6, 6.07) is 1.93. The van der Waals surface area contributed by atoms with Gasteiger partial charge in [-0.2, -0.15) is 0 Å². The van der Waals surface area contributed by atoms with Crippen molar-refractivity contribution in [2.45, 2.75) is 57.2 Å². The van der Waals surface area contributed by atoms with Crippen LogP contribution in [0.25, 0.3) is 0 Å². The van der Waals surface area contributed by atoms with Gasteiger partial charge in [0, 0.05) is 30.5 Å². The predicted molar refractivity (Wildman–Crippen MR) is 88.1 cm³/mol. The second-order valence-electron chi connectivity index (χ2n) is 7.01. The van der Waals surface area contributed by atoms with Gasteiger partial charge in [-0.1, -0.05) is 6.42 Å². The van der Waals surface area contributed by atoms with Gasteiger partial charge in [0.2, 0.25) is 5.91 Å². The summed E-state index contributed by atoms with van der Waals surface area (Å²) in [5, 5.41) is 0. The SMILES string of the molecule is CN1CCCC[C@@H]2N(C(=O)Cn3cccnc3=O)CCC[C@@]21C. The van der Waals surface area contributed by atoms with E-state index < -0.39 is 0 Å². The Labute approximate surface area is 137 Å². The van der Waals surface area contributed by atoms with E-state index in [2.05, 4.69) is 23.9 Å². The Morgan fingerprint density at radius 2 is 2.17 bits per heavy atom. The quantitative estimate of drug-likeness (QED) is 0.819. The third-order valence-corrected chi connectivity index (χ3v) is 5.68. The molecule has 3 rings (SSSR count). The maximum absolute atomic E-state index is 12.9. The van der Waals surface area contributed by atoms with Crippen LogP contribution < -0.4 is 5.69 Å². The first-order valence-corrected chi connectivity index (χ1v) is 8.54. The van der Waals surface area contributed by atoms with E-state index in [1.54, 1.807) is 12.3 Å². The van der Waals surface area contributed by atoms with E-state index in [1.807, 2.05) is 4.90 Å². The number of likely N-dealkylation sites (N-methyl/N-ethyl adjacent to an activating group) is 1. The molecule has 0 N–H and O–H groups in total. The van der Waals surface area contributed by atoms with Gasteiger partial charge in [-0.3, -0.25) is 14.3 Å². The van der Waals surface area contributed by atoms with Crippen molar-refractivity contribution in [2.24, 2.45) is 0 Å². The fourth-order valence-electron chi connectivity index (χ4n) is 4.16. The molecule has 2 aliphatic rings. The van der Waals surface area contributed by atoms with E-state index in [1.165, 1.54) is 17.2 Å². The molecule has 2 atom stereocenters. The molecule has 1 amide bonds. The summed E-state index contributed by atoms with van der Waals surface area (Å²) in [6.07, 6.45) is 8.63. The van der Waals surface area contributed by atoms with E-state index >= 15 is 0 Å². The highest BCUT2D eigenvalue weighted by Crippen LogP contribution is 2.37. The highest BCUT2D eigenvalue weighted by Gasteiger charge is 2.45. The van der Waals surface area contributed by atoms with Gasteiger partial charge in [-0.15, -0.1) is 0 Å². The Morgan fingerprint density at radius 3 is 2.96 bits per heavy atom. The first kappa shape index (κ1) is 16.2. The van der Waals surface area contributed by atoms with Crippen LogP contribution in [0, 0.1) is 0 Å². The minimum atomic E-state index is -0.362. The molecule has 0 bridgehead atoms. The number of nitrogens with zero attached hydrogens (tertiary/aromatic N) is 4. The van der Waals surface area contributed by atoms with Gasteiger partial charge >= 0.3 is 5.69 Å². The van der Waals surface area contributed by atoms with Crippen molar-refractivity contribution in [3.05, 3.63) is 28.9 Å². The topological polar surface area (TPSA) is 58.4 Å². The molecule has 6 nitrogen and oxygen atoms in total. The van der Waals surface area contributed by atoms with Crippen LogP contribution in [0.3, 0.4) is 0 Å². The van der Waals surface area contributed by atoms with E-state index in [-0.39, 0.29) is 29.7 Å². The van der Waals surface area contributed by atoms with Crippen molar-refractivity contribution >= 4 is 5.91 Å². The molecule has 0 radical (unpaired) electrons. The molecule has 3 heterocycles. The molecule has 0 aromatic carbocycles. The summed E-state index contributed by atoms with van der Waals surface area (Å²) in [5.74, 6) is 0.0336. The van der Waals surface area contributed by atoms with Gasteiger partial charge in [0.25, 0.3) is 0 Å². The summed E-state index contributed by atoms with van der Waals surface area (Å²) >= 11 is 0. The summed E-state index contributed by atoms with van der Waals surface area (Å²) in [5.41, 5.74) is -0.316. The third-order valence-electron chi connectivity index (χ3n) is 5.68. The highest BCUT2D eigenvalue weighted by molar-refractivity contribution is 5.76. The van der Waals surface area contributed by atoms with Crippen LogP contribution >= 0.6 is 0 Å². The Balaban J connectivity index is 1.82. The smallest absolute Gasteiger partial charge is 0.336 e. The number of rotatable bonds is 2. The number of amides is 1. The first-order valence-electron chi connectivity index (χ1n) is 8.54. The number of carbonyl (C=O) groups excluding carboxylic acids is 1. The van der Waals surface area contributed by atoms with Crippen molar-refractivity contribution in [2.75, 3.05) is 20.1 Å². The van der Waals surface area contributed by atoms with Crippen LogP contribution in [0.5, 0.6) is 0 Å². The predicted octanol–water partition coefficient (Wildman–Crippen LogP) is 1.11. The van der Waals surface area contributed by atoms with Gasteiger partial charge < -0.3 is 4.90 Å². The van der Waals surface area contributed by atoms with Crippen molar-refractivity contribution in [1.29, 1.82) is 0 Å². The maximum Gasteiger partial charge on any atom is 0.347 e. The number of hydrogen-bond donors (Lipinski definition) is 0. The summed E-state index contributed by atoms with van der Waals surface area (Å²) < 4.78 is 1.40. The number of likely N-dealkylation sites (tertiary alicyclic amines) is 2. The van der Waals surface area contributed by atoms with Gasteiger partial charge in [-0.25, -0.2) is 9.78 Å². The standard InChI is InChI=1S/C17H26N4O2/c1-17-8-5-12-21(14(17)7-3-4-10-19(17)2)15(22)13-20-11-6-9-18-16(20)23/h6,9,11,14H,3-5,7-8,10,12-13H2,1-2H3/t14-,17-/m0/s1. The second-order valence-corrected chi connectivity index (χ2v) is 7.01. The van der Waals surface area contributed by atoms with Crippen LogP contribution in [-0.4, -0.2) is 57.0 Å². The lowest BCUT2D eigenvalue weighted by molar-refractivity contribution is -0.140.